The van der Waals surface area contributed by atoms with Crippen LogP contribution in [0, 0.1) is 5.92 Å². The van der Waals surface area contributed by atoms with Crippen LogP contribution in [0.25, 0.3) is 0 Å². The van der Waals surface area contributed by atoms with Crippen LogP contribution >= 0.6 is 0 Å². The van der Waals surface area contributed by atoms with E-state index in [-0.39, 0.29) is 5.54 Å². The van der Waals surface area contributed by atoms with Gasteiger partial charge in [0.1, 0.15) is 0 Å². The van der Waals surface area contributed by atoms with Crippen LogP contribution in [0.4, 0.5) is 0 Å². The summed E-state index contributed by atoms with van der Waals surface area (Å²) in [5, 5.41) is 3.44. The highest BCUT2D eigenvalue weighted by molar-refractivity contribution is 4.87. The van der Waals surface area contributed by atoms with Gasteiger partial charge in [0.25, 0.3) is 0 Å². The standard InChI is InChI=1S/C13H28N2O/c1-12(2)5-9-16-10-8-15-7-6-14-11-13(15,3)4/h12,14H,5-11H2,1-4H3. The smallest absolute Gasteiger partial charge is 0.0593 e. The molecule has 1 heterocycles. The van der Waals surface area contributed by atoms with Crippen molar-refractivity contribution >= 4 is 0 Å². The summed E-state index contributed by atoms with van der Waals surface area (Å²) in [7, 11) is 0. The lowest BCUT2D eigenvalue weighted by Crippen LogP contribution is -2.58. The molecule has 96 valence electrons. The van der Waals surface area contributed by atoms with Crippen molar-refractivity contribution in [3.63, 3.8) is 0 Å². The summed E-state index contributed by atoms with van der Waals surface area (Å²) < 4.78 is 5.68. The molecule has 16 heavy (non-hydrogen) atoms. The minimum absolute atomic E-state index is 0.277. The summed E-state index contributed by atoms with van der Waals surface area (Å²) in [4.78, 5) is 2.53. The second kappa shape index (κ2) is 6.58. The molecule has 0 atom stereocenters. The van der Waals surface area contributed by atoms with Gasteiger partial charge >= 0.3 is 0 Å². The third-order valence-electron chi connectivity index (χ3n) is 3.32. The molecule has 1 aliphatic rings. The Kier molecular flexibility index (Phi) is 5.73. The van der Waals surface area contributed by atoms with Gasteiger partial charge < -0.3 is 10.1 Å². The Morgan fingerprint density at radius 3 is 2.69 bits per heavy atom. The van der Waals surface area contributed by atoms with E-state index in [0.29, 0.717) is 0 Å². The SMILES string of the molecule is CC(C)CCOCCN1CCNCC1(C)C. The molecule has 0 unspecified atom stereocenters. The molecule has 1 N–H and O–H groups in total. The molecule has 0 aromatic carbocycles. The zero-order valence-corrected chi connectivity index (χ0v) is 11.4. The molecule has 0 aliphatic carbocycles. The van der Waals surface area contributed by atoms with Crippen LogP contribution in [0.5, 0.6) is 0 Å². The first-order valence-electron chi connectivity index (χ1n) is 6.56. The fourth-order valence-electron chi connectivity index (χ4n) is 2.03. The van der Waals surface area contributed by atoms with E-state index in [1.807, 2.05) is 0 Å². The minimum atomic E-state index is 0.277. The lowest BCUT2D eigenvalue weighted by atomic mass is 10.0. The fourth-order valence-corrected chi connectivity index (χ4v) is 2.03. The van der Waals surface area contributed by atoms with Gasteiger partial charge in [-0.2, -0.15) is 0 Å². The van der Waals surface area contributed by atoms with Crippen molar-refractivity contribution in [2.75, 3.05) is 39.4 Å². The summed E-state index contributed by atoms with van der Waals surface area (Å²) >= 11 is 0. The normalized spacial score (nSPS) is 21.6. The average molecular weight is 228 g/mol. The Morgan fingerprint density at radius 1 is 1.31 bits per heavy atom. The van der Waals surface area contributed by atoms with Gasteiger partial charge in [-0.15, -0.1) is 0 Å². The van der Waals surface area contributed by atoms with Crippen molar-refractivity contribution in [3.8, 4) is 0 Å². The Labute approximate surface area is 101 Å². The molecule has 0 aromatic heterocycles. The minimum Gasteiger partial charge on any atom is -0.380 e. The first kappa shape index (κ1) is 13.9. The van der Waals surface area contributed by atoms with Crippen LogP contribution in [0.2, 0.25) is 0 Å². The molecule has 1 fully saturated rings. The van der Waals surface area contributed by atoms with Crippen LogP contribution in [-0.2, 0) is 4.74 Å². The quantitative estimate of drug-likeness (QED) is 0.701. The number of nitrogens with one attached hydrogen (secondary N) is 1. The fraction of sp³-hybridized carbons (Fsp3) is 1.00. The maximum absolute atomic E-state index is 5.68. The average Bonchev–Trinajstić information content (AvgIpc) is 2.19. The molecule has 3 nitrogen and oxygen atoms in total. The monoisotopic (exact) mass is 228 g/mol. The summed E-state index contributed by atoms with van der Waals surface area (Å²) in [6.07, 6.45) is 1.17. The summed E-state index contributed by atoms with van der Waals surface area (Å²) in [5.41, 5.74) is 0.277. The van der Waals surface area contributed by atoms with Crippen molar-refractivity contribution in [1.82, 2.24) is 10.2 Å². The van der Waals surface area contributed by atoms with Gasteiger partial charge in [-0.3, -0.25) is 4.90 Å². The van der Waals surface area contributed by atoms with E-state index in [1.54, 1.807) is 0 Å². The van der Waals surface area contributed by atoms with E-state index in [1.165, 1.54) is 6.42 Å². The van der Waals surface area contributed by atoms with Gasteiger partial charge in [-0.05, 0) is 26.2 Å². The molecule has 0 radical (unpaired) electrons. The maximum atomic E-state index is 5.68. The lowest BCUT2D eigenvalue weighted by Gasteiger charge is -2.42. The van der Waals surface area contributed by atoms with Gasteiger partial charge in [-0.25, -0.2) is 0 Å². The molecular formula is C13H28N2O. The second-order valence-corrected chi connectivity index (χ2v) is 5.77. The molecule has 0 bridgehead atoms. The molecule has 0 aromatic rings. The Morgan fingerprint density at radius 2 is 2.06 bits per heavy atom. The maximum Gasteiger partial charge on any atom is 0.0593 e. The molecular weight excluding hydrogens is 200 g/mol. The van der Waals surface area contributed by atoms with E-state index >= 15 is 0 Å². The Hall–Kier alpha value is -0.120. The highest BCUT2D eigenvalue weighted by Gasteiger charge is 2.28. The number of piperazine rings is 1. The van der Waals surface area contributed by atoms with Crippen molar-refractivity contribution in [3.05, 3.63) is 0 Å². The van der Waals surface area contributed by atoms with E-state index < -0.39 is 0 Å². The van der Waals surface area contributed by atoms with Gasteiger partial charge in [0.2, 0.25) is 0 Å². The summed E-state index contributed by atoms with van der Waals surface area (Å²) in [6.45, 7) is 15.2. The Balaban J connectivity index is 2.11. The number of hydrogen-bond acceptors (Lipinski definition) is 3. The van der Waals surface area contributed by atoms with Crippen molar-refractivity contribution in [1.29, 1.82) is 0 Å². The van der Waals surface area contributed by atoms with Crippen LogP contribution in [-0.4, -0.2) is 49.8 Å². The van der Waals surface area contributed by atoms with Crippen molar-refractivity contribution < 1.29 is 4.74 Å². The third-order valence-corrected chi connectivity index (χ3v) is 3.32. The van der Waals surface area contributed by atoms with E-state index in [9.17, 15) is 0 Å². The topological polar surface area (TPSA) is 24.5 Å². The zero-order chi connectivity index (χ0) is 12.0. The lowest BCUT2D eigenvalue weighted by molar-refractivity contribution is 0.0404. The zero-order valence-electron chi connectivity index (χ0n) is 11.4. The van der Waals surface area contributed by atoms with Gasteiger partial charge in [-0.1, -0.05) is 13.8 Å². The highest BCUT2D eigenvalue weighted by atomic mass is 16.5. The second-order valence-electron chi connectivity index (χ2n) is 5.77. The number of hydrogen-bond donors (Lipinski definition) is 1. The van der Waals surface area contributed by atoms with Crippen LogP contribution in [0.15, 0.2) is 0 Å². The molecule has 0 amide bonds. The third kappa shape index (κ3) is 4.81. The molecule has 0 spiro atoms. The Bertz CT molecular complexity index is 192. The largest absolute Gasteiger partial charge is 0.380 e. The first-order valence-corrected chi connectivity index (χ1v) is 6.56. The molecule has 1 aliphatic heterocycles. The van der Waals surface area contributed by atoms with Gasteiger partial charge in [0, 0.05) is 38.3 Å². The van der Waals surface area contributed by atoms with Crippen LogP contribution in [0.1, 0.15) is 34.1 Å². The van der Waals surface area contributed by atoms with Crippen LogP contribution in [0.3, 0.4) is 0 Å². The molecule has 1 rings (SSSR count). The van der Waals surface area contributed by atoms with E-state index in [2.05, 4.69) is 37.9 Å². The summed E-state index contributed by atoms with van der Waals surface area (Å²) in [6, 6.07) is 0. The number of ether oxygens (including phenoxy) is 1. The van der Waals surface area contributed by atoms with E-state index in [4.69, 9.17) is 4.74 Å². The molecule has 0 saturated carbocycles. The predicted molar refractivity (Wildman–Crippen MR) is 68.8 cm³/mol. The van der Waals surface area contributed by atoms with E-state index in [0.717, 1.165) is 45.3 Å². The first-order chi connectivity index (χ1) is 7.52. The molecule has 1 saturated heterocycles. The predicted octanol–water partition coefficient (Wildman–Crippen LogP) is 1.73. The van der Waals surface area contributed by atoms with Crippen LogP contribution < -0.4 is 5.32 Å². The summed E-state index contributed by atoms with van der Waals surface area (Å²) in [5.74, 6) is 0.746. The highest BCUT2D eigenvalue weighted by Crippen LogP contribution is 2.15. The van der Waals surface area contributed by atoms with Gasteiger partial charge in [0.05, 0.1) is 6.61 Å². The van der Waals surface area contributed by atoms with Crippen molar-refractivity contribution in [2.24, 2.45) is 5.92 Å². The number of nitrogens with zero attached hydrogens (tertiary/aromatic N) is 1. The van der Waals surface area contributed by atoms with Crippen molar-refractivity contribution in [2.45, 2.75) is 39.7 Å². The number of rotatable bonds is 6. The van der Waals surface area contributed by atoms with Gasteiger partial charge in [0.15, 0.2) is 0 Å². The molecule has 3 heteroatoms.